The van der Waals surface area contributed by atoms with Crippen LogP contribution < -0.4 is 10.6 Å². The van der Waals surface area contributed by atoms with Crippen LogP contribution in [0.2, 0.25) is 0 Å². The number of hydrogen-bond donors (Lipinski definition) is 3. The van der Waals surface area contributed by atoms with Gasteiger partial charge < -0.3 is 20.6 Å². The largest absolute Gasteiger partial charge is 0.390 e. The van der Waals surface area contributed by atoms with Gasteiger partial charge in [0.25, 0.3) is 0 Å². The molecular formula is C17H26FN3O2. The molecule has 0 aromatic heterocycles. The number of aliphatic hydroxyl groups is 1. The van der Waals surface area contributed by atoms with Crippen LogP contribution in [0.5, 0.6) is 0 Å². The van der Waals surface area contributed by atoms with Crippen LogP contribution in [0.4, 0.5) is 14.9 Å². The second-order valence-electron chi connectivity index (χ2n) is 6.19. The number of hydrogen-bond acceptors (Lipinski definition) is 3. The summed E-state index contributed by atoms with van der Waals surface area (Å²) < 4.78 is 13.6. The van der Waals surface area contributed by atoms with Crippen LogP contribution in [0.15, 0.2) is 18.2 Å². The Bertz CT molecular complexity index is 517. The van der Waals surface area contributed by atoms with Crippen LogP contribution in [-0.4, -0.2) is 48.3 Å². The first-order valence-corrected chi connectivity index (χ1v) is 8.26. The summed E-state index contributed by atoms with van der Waals surface area (Å²) in [5.41, 5.74) is 1.01. The van der Waals surface area contributed by atoms with E-state index in [9.17, 15) is 14.3 Å². The number of aliphatic hydroxyl groups excluding tert-OH is 1. The van der Waals surface area contributed by atoms with Crippen molar-refractivity contribution in [3.05, 3.63) is 29.6 Å². The van der Waals surface area contributed by atoms with E-state index in [-0.39, 0.29) is 12.2 Å². The highest BCUT2D eigenvalue weighted by molar-refractivity contribution is 5.89. The second kappa shape index (κ2) is 8.84. The summed E-state index contributed by atoms with van der Waals surface area (Å²) in [6, 6.07) is 4.02. The molecule has 1 unspecified atom stereocenters. The summed E-state index contributed by atoms with van der Waals surface area (Å²) in [6.07, 6.45) is 4.19. The number of nitrogens with one attached hydrogen (secondary N) is 2. The molecule has 1 aromatic carbocycles. The number of aryl methyl sites for hydroxylation is 1. The van der Waals surface area contributed by atoms with Gasteiger partial charge in [0.05, 0.1) is 11.8 Å². The van der Waals surface area contributed by atoms with E-state index in [0.717, 1.165) is 31.5 Å². The maximum Gasteiger partial charge on any atom is 0.319 e. The number of halogens is 1. The topological polar surface area (TPSA) is 64.6 Å². The maximum absolute atomic E-state index is 13.6. The fourth-order valence-corrected chi connectivity index (χ4v) is 2.79. The molecule has 1 atom stereocenters. The van der Waals surface area contributed by atoms with Gasteiger partial charge in [-0.1, -0.05) is 18.9 Å². The molecule has 23 heavy (non-hydrogen) atoms. The molecule has 6 heteroatoms. The minimum Gasteiger partial charge on any atom is -0.390 e. The van der Waals surface area contributed by atoms with E-state index < -0.39 is 18.0 Å². The molecule has 1 fully saturated rings. The molecule has 1 aliphatic heterocycles. The van der Waals surface area contributed by atoms with E-state index in [4.69, 9.17) is 0 Å². The molecule has 1 aliphatic rings. The van der Waals surface area contributed by atoms with E-state index in [1.807, 2.05) is 6.92 Å². The first-order chi connectivity index (χ1) is 11.0. The van der Waals surface area contributed by atoms with Crippen molar-refractivity contribution in [3.8, 4) is 0 Å². The average molecular weight is 323 g/mol. The van der Waals surface area contributed by atoms with Gasteiger partial charge in [0, 0.05) is 13.1 Å². The van der Waals surface area contributed by atoms with Crippen LogP contribution >= 0.6 is 0 Å². The highest BCUT2D eigenvalue weighted by Gasteiger charge is 2.15. The van der Waals surface area contributed by atoms with Gasteiger partial charge in [-0.05, 0) is 50.6 Å². The molecule has 5 nitrogen and oxygen atoms in total. The van der Waals surface area contributed by atoms with Gasteiger partial charge in [-0.3, -0.25) is 0 Å². The summed E-state index contributed by atoms with van der Waals surface area (Å²) >= 11 is 0. The molecule has 0 aliphatic carbocycles. The standard InChI is InChI=1S/C17H26FN3O2/c1-13-6-7-15(18)16(10-13)20-17(23)19-11-14(22)12-21-8-4-2-3-5-9-21/h6-7,10,14,22H,2-5,8-9,11-12H2,1H3,(H2,19,20,23). The number of carbonyl (C=O) groups excluding carboxylic acids is 1. The number of β-amino-alcohol motifs (C(OH)–C–C–N with tert-alkyl or cyclic N) is 1. The molecule has 0 radical (unpaired) electrons. The lowest BCUT2D eigenvalue weighted by molar-refractivity contribution is 0.115. The predicted molar refractivity (Wildman–Crippen MR) is 89.1 cm³/mol. The van der Waals surface area contributed by atoms with Gasteiger partial charge in [-0.25, -0.2) is 9.18 Å². The fraction of sp³-hybridized carbons (Fsp3) is 0.588. The average Bonchev–Trinajstić information content (AvgIpc) is 2.77. The number of urea groups is 1. The minimum absolute atomic E-state index is 0.143. The molecule has 1 aromatic rings. The lowest BCUT2D eigenvalue weighted by atomic mass is 10.2. The van der Waals surface area contributed by atoms with Crippen LogP contribution in [0.25, 0.3) is 0 Å². The molecule has 0 spiro atoms. The van der Waals surface area contributed by atoms with Gasteiger partial charge in [-0.2, -0.15) is 0 Å². The van der Waals surface area contributed by atoms with Gasteiger partial charge in [0.1, 0.15) is 5.82 Å². The highest BCUT2D eigenvalue weighted by Crippen LogP contribution is 2.15. The first kappa shape index (κ1) is 17.7. The number of nitrogens with zero attached hydrogens (tertiary/aromatic N) is 1. The van der Waals surface area contributed by atoms with Gasteiger partial charge >= 0.3 is 6.03 Å². The number of carbonyl (C=O) groups is 1. The summed E-state index contributed by atoms with van der Waals surface area (Å²) in [6.45, 7) is 4.53. The normalized spacial score (nSPS) is 17.3. The third kappa shape index (κ3) is 6.15. The summed E-state index contributed by atoms with van der Waals surface area (Å²) in [5, 5.41) is 15.1. The zero-order valence-electron chi connectivity index (χ0n) is 13.6. The van der Waals surface area contributed by atoms with Crippen molar-refractivity contribution in [2.45, 2.75) is 38.7 Å². The molecule has 0 saturated carbocycles. The van der Waals surface area contributed by atoms with Crippen molar-refractivity contribution < 1.29 is 14.3 Å². The highest BCUT2D eigenvalue weighted by atomic mass is 19.1. The summed E-state index contributed by atoms with van der Waals surface area (Å²) in [5.74, 6) is -0.476. The molecule has 128 valence electrons. The zero-order chi connectivity index (χ0) is 16.7. The third-order valence-corrected chi connectivity index (χ3v) is 4.04. The maximum atomic E-state index is 13.6. The fourth-order valence-electron chi connectivity index (χ4n) is 2.79. The van der Waals surface area contributed by atoms with Gasteiger partial charge in [-0.15, -0.1) is 0 Å². The number of likely N-dealkylation sites (tertiary alicyclic amines) is 1. The lowest BCUT2D eigenvalue weighted by Gasteiger charge is -2.23. The van der Waals surface area contributed by atoms with Crippen molar-refractivity contribution in [2.75, 3.05) is 31.5 Å². The predicted octanol–water partition coefficient (Wildman–Crippen LogP) is 2.49. The van der Waals surface area contributed by atoms with Crippen LogP contribution in [0, 0.1) is 12.7 Å². The van der Waals surface area contributed by atoms with Crippen molar-refractivity contribution in [2.24, 2.45) is 0 Å². The Morgan fingerprint density at radius 3 is 2.70 bits per heavy atom. The van der Waals surface area contributed by atoms with E-state index >= 15 is 0 Å². The molecule has 1 heterocycles. The lowest BCUT2D eigenvalue weighted by Crippen LogP contribution is -2.41. The summed E-state index contributed by atoms with van der Waals surface area (Å²) in [4.78, 5) is 14.0. The quantitative estimate of drug-likeness (QED) is 0.780. The Morgan fingerprint density at radius 2 is 2.00 bits per heavy atom. The van der Waals surface area contributed by atoms with E-state index in [0.29, 0.717) is 6.54 Å². The van der Waals surface area contributed by atoms with Gasteiger partial charge in [0.2, 0.25) is 0 Å². The van der Waals surface area contributed by atoms with Crippen molar-refractivity contribution in [1.82, 2.24) is 10.2 Å². The molecule has 3 N–H and O–H groups in total. The monoisotopic (exact) mass is 323 g/mol. The Balaban J connectivity index is 1.73. The Morgan fingerprint density at radius 1 is 1.30 bits per heavy atom. The number of amides is 2. The second-order valence-corrected chi connectivity index (χ2v) is 6.19. The van der Waals surface area contributed by atoms with E-state index in [1.165, 1.54) is 18.9 Å². The van der Waals surface area contributed by atoms with Crippen molar-refractivity contribution in [3.63, 3.8) is 0 Å². The van der Waals surface area contributed by atoms with Crippen LogP contribution in [0.3, 0.4) is 0 Å². The van der Waals surface area contributed by atoms with E-state index in [1.54, 1.807) is 12.1 Å². The Labute approximate surface area is 136 Å². The molecule has 0 bridgehead atoms. The number of rotatable bonds is 5. The number of anilines is 1. The zero-order valence-corrected chi connectivity index (χ0v) is 13.6. The van der Waals surface area contributed by atoms with Gasteiger partial charge in [0.15, 0.2) is 0 Å². The Kier molecular flexibility index (Phi) is 6.80. The Hall–Kier alpha value is -1.66. The number of benzene rings is 1. The molecule has 2 rings (SSSR count). The SMILES string of the molecule is Cc1ccc(F)c(NC(=O)NCC(O)CN2CCCCCC2)c1. The third-order valence-electron chi connectivity index (χ3n) is 4.04. The molecular weight excluding hydrogens is 297 g/mol. The van der Waals surface area contributed by atoms with Crippen LogP contribution in [0.1, 0.15) is 31.2 Å². The molecule has 1 saturated heterocycles. The summed E-state index contributed by atoms with van der Waals surface area (Å²) in [7, 11) is 0. The van der Waals surface area contributed by atoms with Crippen LogP contribution in [-0.2, 0) is 0 Å². The van der Waals surface area contributed by atoms with E-state index in [2.05, 4.69) is 15.5 Å². The first-order valence-electron chi connectivity index (χ1n) is 8.26. The smallest absolute Gasteiger partial charge is 0.319 e. The van der Waals surface area contributed by atoms with Crippen molar-refractivity contribution >= 4 is 11.7 Å². The molecule has 2 amide bonds. The minimum atomic E-state index is -0.624. The van der Waals surface area contributed by atoms with Crippen molar-refractivity contribution in [1.29, 1.82) is 0 Å².